The van der Waals surface area contributed by atoms with Crippen molar-refractivity contribution in [1.82, 2.24) is 0 Å². The van der Waals surface area contributed by atoms with Crippen LogP contribution in [0.5, 0.6) is 0 Å². The molecule has 0 aliphatic rings. The van der Waals surface area contributed by atoms with E-state index in [-0.39, 0.29) is 11.9 Å². The molecule has 1 aromatic carbocycles. The summed E-state index contributed by atoms with van der Waals surface area (Å²) in [5, 5.41) is 11.6. The molecular formula is C11H13FN2. The number of nitriles is 1. The molecule has 0 saturated carbocycles. The number of halogens is 1. The summed E-state index contributed by atoms with van der Waals surface area (Å²) in [4.78, 5) is 0. The van der Waals surface area contributed by atoms with Crippen LogP contribution in [0.15, 0.2) is 18.2 Å². The van der Waals surface area contributed by atoms with Crippen molar-refractivity contribution in [1.29, 1.82) is 5.26 Å². The van der Waals surface area contributed by atoms with Crippen LogP contribution in [0.1, 0.15) is 18.9 Å². The van der Waals surface area contributed by atoms with Crippen LogP contribution in [0.4, 0.5) is 10.1 Å². The molecule has 1 unspecified atom stereocenters. The lowest BCUT2D eigenvalue weighted by Crippen LogP contribution is -2.14. The molecule has 74 valence electrons. The number of nitrogens with one attached hydrogen (secondary N) is 1. The topological polar surface area (TPSA) is 35.8 Å². The summed E-state index contributed by atoms with van der Waals surface area (Å²) in [5.74, 6) is -0.205. The first-order valence-corrected chi connectivity index (χ1v) is 4.53. The highest BCUT2D eigenvalue weighted by molar-refractivity contribution is 5.46. The zero-order chi connectivity index (χ0) is 10.6. The van der Waals surface area contributed by atoms with Gasteiger partial charge in [-0.1, -0.05) is 0 Å². The highest BCUT2D eigenvalue weighted by Crippen LogP contribution is 2.14. The maximum atomic E-state index is 12.9. The van der Waals surface area contributed by atoms with Crippen LogP contribution in [-0.4, -0.2) is 6.04 Å². The molecule has 1 aromatic rings. The summed E-state index contributed by atoms with van der Waals surface area (Å²) in [7, 11) is 0. The molecule has 1 atom stereocenters. The van der Waals surface area contributed by atoms with Crippen LogP contribution in [0.3, 0.4) is 0 Å². The minimum Gasteiger partial charge on any atom is -0.382 e. The van der Waals surface area contributed by atoms with Gasteiger partial charge in [-0.2, -0.15) is 5.26 Å². The first-order chi connectivity index (χ1) is 6.63. The molecule has 0 saturated heterocycles. The lowest BCUT2D eigenvalue weighted by atomic mass is 10.2. The van der Waals surface area contributed by atoms with E-state index in [9.17, 15) is 4.39 Å². The van der Waals surface area contributed by atoms with Gasteiger partial charge in [0.25, 0.3) is 0 Å². The van der Waals surface area contributed by atoms with Gasteiger partial charge in [0.2, 0.25) is 0 Å². The first kappa shape index (κ1) is 10.5. The maximum absolute atomic E-state index is 12.9. The Morgan fingerprint density at radius 3 is 2.86 bits per heavy atom. The third-order valence-electron chi connectivity index (χ3n) is 1.97. The van der Waals surface area contributed by atoms with Gasteiger partial charge in [0.1, 0.15) is 5.82 Å². The average molecular weight is 192 g/mol. The van der Waals surface area contributed by atoms with Gasteiger partial charge in [-0.15, -0.1) is 0 Å². The van der Waals surface area contributed by atoms with Gasteiger partial charge in [0.05, 0.1) is 12.5 Å². The zero-order valence-corrected chi connectivity index (χ0v) is 8.34. The Morgan fingerprint density at radius 1 is 1.57 bits per heavy atom. The van der Waals surface area contributed by atoms with Crippen LogP contribution < -0.4 is 5.32 Å². The van der Waals surface area contributed by atoms with Crippen molar-refractivity contribution in [3.63, 3.8) is 0 Å². The largest absolute Gasteiger partial charge is 0.382 e. The lowest BCUT2D eigenvalue weighted by Gasteiger charge is -2.12. The van der Waals surface area contributed by atoms with Crippen molar-refractivity contribution < 1.29 is 4.39 Å². The number of anilines is 1. The first-order valence-electron chi connectivity index (χ1n) is 4.53. The third-order valence-corrected chi connectivity index (χ3v) is 1.97. The Labute approximate surface area is 83.4 Å². The second kappa shape index (κ2) is 4.61. The Hall–Kier alpha value is -1.56. The predicted octanol–water partition coefficient (Wildman–Crippen LogP) is 2.85. The molecule has 1 rings (SSSR count). The van der Waals surface area contributed by atoms with E-state index in [4.69, 9.17) is 5.26 Å². The predicted molar refractivity (Wildman–Crippen MR) is 54.5 cm³/mol. The van der Waals surface area contributed by atoms with E-state index in [2.05, 4.69) is 11.4 Å². The van der Waals surface area contributed by atoms with E-state index in [1.807, 2.05) is 6.92 Å². The van der Waals surface area contributed by atoms with Gasteiger partial charge in [-0.05, 0) is 37.6 Å². The summed E-state index contributed by atoms with van der Waals surface area (Å²) in [5.41, 5.74) is 1.46. The normalized spacial score (nSPS) is 11.9. The monoisotopic (exact) mass is 192 g/mol. The highest BCUT2D eigenvalue weighted by Gasteiger charge is 2.02. The quantitative estimate of drug-likeness (QED) is 0.799. The number of rotatable bonds is 3. The second-order valence-electron chi connectivity index (χ2n) is 3.37. The molecule has 0 spiro atoms. The number of hydrogen-bond donors (Lipinski definition) is 1. The van der Waals surface area contributed by atoms with Crippen molar-refractivity contribution >= 4 is 5.69 Å². The molecule has 1 N–H and O–H groups in total. The van der Waals surface area contributed by atoms with Gasteiger partial charge in [0, 0.05) is 11.7 Å². The smallest absolute Gasteiger partial charge is 0.126 e. The Kier molecular flexibility index (Phi) is 3.47. The fourth-order valence-electron chi connectivity index (χ4n) is 1.21. The molecule has 2 nitrogen and oxygen atoms in total. The molecule has 3 heteroatoms. The number of hydrogen-bond acceptors (Lipinski definition) is 2. The van der Waals surface area contributed by atoms with Gasteiger partial charge < -0.3 is 5.32 Å². The molecule has 0 fully saturated rings. The van der Waals surface area contributed by atoms with Crippen LogP contribution >= 0.6 is 0 Å². The van der Waals surface area contributed by atoms with E-state index in [1.54, 1.807) is 19.1 Å². The molecule has 0 amide bonds. The Bertz CT molecular complexity index is 355. The van der Waals surface area contributed by atoms with Crippen LogP contribution in [0.25, 0.3) is 0 Å². The van der Waals surface area contributed by atoms with Gasteiger partial charge in [-0.25, -0.2) is 4.39 Å². The summed E-state index contributed by atoms with van der Waals surface area (Å²) in [6.07, 6.45) is 0.441. The van der Waals surface area contributed by atoms with E-state index in [1.165, 1.54) is 6.07 Å². The van der Waals surface area contributed by atoms with Crippen molar-refractivity contribution in [2.24, 2.45) is 0 Å². The maximum Gasteiger partial charge on any atom is 0.126 e. The number of nitrogens with zero attached hydrogens (tertiary/aromatic N) is 1. The van der Waals surface area contributed by atoms with Crippen LogP contribution in [0, 0.1) is 24.1 Å². The minimum absolute atomic E-state index is 0.0878. The molecular weight excluding hydrogens is 179 g/mol. The molecule has 0 aliphatic carbocycles. The zero-order valence-electron chi connectivity index (χ0n) is 8.34. The number of benzene rings is 1. The lowest BCUT2D eigenvalue weighted by molar-refractivity contribution is 0.618. The van der Waals surface area contributed by atoms with Crippen molar-refractivity contribution in [2.75, 3.05) is 5.32 Å². The fourth-order valence-corrected chi connectivity index (χ4v) is 1.21. The van der Waals surface area contributed by atoms with E-state index in [0.29, 0.717) is 12.0 Å². The van der Waals surface area contributed by atoms with Gasteiger partial charge in [-0.3, -0.25) is 0 Å². The second-order valence-corrected chi connectivity index (χ2v) is 3.37. The van der Waals surface area contributed by atoms with Crippen LogP contribution in [-0.2, 0) is 0 Å². The standard InChI is InChI=1S/C11H13FN2/c1-8-7-10(3-4-11(8)12)14-9(2)5-6-13/h3-4,7,9,14H,5H2,1-2H3. The molecule has 0 bridgehead atoms. The molecule has 0 aliphatic heterocycles. The Balaban J connectivity index is 2.69. The SMILES string of the molecule is Cc1cc(NC(C)CC#N)ccc1F. The Morgan fingerprint density at radius 2 is 2.29 bits per heavy atom. The minimum atomic E-state index is -0.205. The molecule has 0 aromatic heterocycles. The van der Waals surface area contributed by atoms with Gasteiger partial charge in [0.15, 0.2) is 0 Å². The van der Waals surface area contributed by atoms with Crippen LogP contribution in [0.2, 0.25) is 0 Å². The third kappa shape index (κ3) is 2.74. The van der Waals surface area contributed by atoms with E-state index in [0.717, 1.165) is 5.69 Å². The van der Waals surface area contributed by atoms with Crippen molar-refractivity contribution in [2.45, 2.75) is 26.3 Å². The summed E-state index contributed by atoms with van der Waals surface area (Å²) in [6.45, 7) is 3.64. The average Bonchev–Trinajstić information content (AvgIpc) is 2.12. The molecule has 0 radical (unpaired) electrons. The fraction of sp³-hybridized carbons (Fsp3) is 0.364. The summed E-state index contributed by atoms with van der Waals surface area (Å²) < 4.78 is 12.9. The van der Waals surface area contributed by atoms with E-state index < -0.39 is 0 Å². The van der Waals surface area contributed by atoms with E-state index >= 15 is 0 Å². The van der Waals surface area contributed by atoms with Gasteiger partial charge >= 0.3 is 0 Å². The summed E-state index contributed by atoms with van der Waals surface area (Å²) >= 11 is 0. The molecule has 14 heavy (non-hydrogen) atoms. The molecule has 0 heterocycles. The van der Waals surface area contributed by atoms with Crippen molar-refractivity contribution in [3.8, 4) is 6.07 Å². The summed E-state index contributed by atoms with van der Waals surface area (Å²) in [6, 6.07) is 7.01. The highest BCUT2D eigenvalue weighted by atomic mass is 19.1. The van der Waals surface area contributed by atoms with Crippen molar-refractivity contribution in [3.05, 3.63) is 29.6 Å². The number of aryl methyl sites for hydroxylation is 1.